The Kier molecular flexibility index (Phi) is 10.5. The maximum atomic E-state index is 12.5. The van der Waals surface area contributed by atoms with E-state index in [-0.39, 0.29) is 36.8 Å². The molecule has 0 saturated carbocycles. The second-order valence-electron chi connectivity index (χ2n) is 7.12. The van der Waals surface area contributed by atoms with Crippen molar-refractivity contribution in [3.05, 3.63) is 53.9 Å². The van der Waals surface area contributed by atoms with E-state index in [2.05, 4.69) is 51.0 Å². The Bertz CT molecular complexity index is 702. The Morgan fingerprint density at radius 3 is 2.46 bits per heavy atom. The van der Waals surface area contributed by atoms with Crippen LogP contribution in [0, 0.1) is 5.92 Å². The van der Waals surface area contributed by atoms with Gasteiger partial charge < -0.3 is 10.6 Å². The summed E-state index contributed by atoms with van der Waals surface area (Å²) in [5.41, 5.74) is 2.26. The van der Waals surface area contributed by atoms with E-state index in [4.69, 9.17) is 0 Å². The average molecular weight is 428 g/mol. The Morgan fingerprint density at radius 2 is 1.89 bits per heavy atom. The van der Waals surface area contributed by atoms with Gasteiger partial charge in [-0.2, -0.15) is 5.10 Å². The Hall–Kier alpha value is -1.60. The third-order valence-electron chi connectivity index (χ3n) is 5.13. The molecule has 1 atom stereocenters. The summed E-state index contributed by atoms with van der Waals surface area (Å²) in [7, 11) is 3.66. The van der Waals surface area contributed by atoms with E-state index >= 15 is 0 Å². The van der Waals surface area contributed by atoms with E-state index in [1.807, 2.05) is 13.2 Å². The monoisotopic (exact) mass is 427 g/mol. The first kappa shape index (κ1) is 24.4. The van der Waals surface area contributed by atoms with Gasteiger partial charge in [0.25, 0.3) is 0 Å². The minimum absolute atomic E-state index is 0. The highest BCUT2D eigenvalue weighted by Crippen LogP contribution is 2.19. The molecule has 2 aromatic rings. The molecule has 156 valence electrons. The summed E-state index contributed by atoms with van der Waals surface area (Å²) in [6.45, 7) is 3.94. The SMILES string of the molecule is CNC(C(=O)NCC1CCN(Cc2ccccc2)CC1)c1cnn(C)c1.Cl.Cl. The number of rotatable bonds is 7. The van der Waals surface area contributed by atoms with E-state index in [1.54, 1.807) is 17.9 Å². The number of hydrogen-bond acceptors (Lipinski definition) is 4. The molecule has 8 heteroatoms. The highest BCUT2D eigenvalue weighted by atomic mass is 35.5. The number of aromatic nitrogens is 2. The standard InChI is InChI=1S/C20H29N5O.2ClH/c1-21-19(18-13-23-24(2)15-18)20(26)22-12-16-8-10-25(11-9-16)14-17-6-4-3-5-7-17;;/h3-7,13,15-16,19,21H,8-12,14H2,1-2H3,(H,22,26);2*1H. The van der Waals surface area contributed by atoms with Gasteiger partial charge in [-0.05, 0) is 44.5 Å². The van der Waals surface area contributed by atoms with Crippen LogP contribution in [0.4, 0.5) is 0 Å². The van der Waals surface area contributed by atoms with E-state index in [9.17, 15) is 4.79 Å². The molecule has 1 aliphatic heterocycles. The number of nitrogens with zero attached hydrogens (tertiary/aromatic N) is 3. The maximum Gasteiger partial charge on any atom is 0.241 e. The number of hydrogen-bond donors (Lipinski definition) is 2. The quantitative estimate of drug-likeness (QED) is 0.712. The number of aryl methyl sites for hydroxylation is 1. The lowest BCUT2D eigenvalue weighted by atomic mass is 9.96. The highest BCUT2D eigenvalue weighted by Gasteiger charge is 2.23. The van der Waals surface area contributed by atoms with Gasteiger partial charge in [-0.1, -0.05) is 30.3 Å². The number of nitrogens with one attached hydrogen (secondary N) is 2. The molecule has 1 saturated heterocycles. The second kappa shape index (κ2) is 12.1. The van der Waals surface area contributed by atoms with Gasteiger partial charge >= 0.3 is 0 Å². The van der Waals surface area contributed by atoms with E-state index in [1.165, 1.54) is 5.56 Å². The largest absolute Gasteiger partial charge is 0.354 e. The van der Waals surface area contributed by atoms with Crippen LogP contribution in [0.25, 0.3) is 0 Å². The molecule has 2 heterocycles. The molecule has 1 unspecified atom stereocenters. The molecular formula is C20H31Cl2N5O. The van der Waals surface area contributed by atoms with Crippen LogP contribution < -0.4 is 10.6 Å². The summed E-state index contributed by atoms with van der Waals surface area (Å²) >= 11 is 0. The van der Waals surface area contributed by atoms with Gasteiger partial charge in [-0.3, -0.25) is 14.4 Å². The van der Waals surface area contributed by atoms with E-state index in [0.717, 1.165) is 44.6 Å². The predicted molar refractivity (Wildman–Crippen MR) is 117 cm³/mol. The van der Waals surface area contributed by atoms with Crippen LogP contribution in [0.3, 0.4) is 0 Å². The first-order valence-electron chi connectivity index (χ1n) is 9.35. The van der Waals surface area contributed by atoms with Crippen LogP contribution in [0.15, 0.2) is 42.7 Å². The molecule has 0 bridgehead atoms. The van der Waals surface area contributed by atoms with Crippen molar-refractivity contribution in [1.82, 2.24) is 25.3 Å². The maximum absolute atomic E-state index is 12.5. The van der Waals surface area contributed by atoms with Crippen molar-refractivity contribution in [1.29, 1.82) is 0 Å². The van der Waals surface area contributed by atoms with Crippen LogP contribution in [-0.4, -0.2) is 47.3 Å². The van der Waals surface area contributed by atoms with Gasteiger partial charge in [0, 0.05) is 31.9 Å². The summed E-state index contributed by atoms with van der Waals surface area (Å²) in [5, 5.41) is 10.4. The van der Waals surface area contributed by atoms with Crippen molar-refractivity contribution in [2.24, 2.45) is 13.0 Å². The van der Waals surface area contributed by atoms with Crippen molar-refractivity contribution in [3.8, 4) is 0 Å². The molecule has 1 fully saturated rings. The molecule has 6 nitrogen and oxygen atoms in total. The molecule has 0 radical (unpaired) electrons. The van der Waals surface area contributed by atoms with Gasteiger partial charge in [-0.25, -0.2) is 0 Å². The molecule has 1 aliphatic rings. The van der Waals surface area contributed by atoms with Crippen LogP contribution in [-0.2, 0) is 18.4 Å². The lowest BCUT2D eigenvalue weighted by Gasteiger charge is -2.32. The fraction of sp³-hybridized carbons (Fsp3) is 0.500. The van der Waals surface area contributed by atoms with Gasteiger partial charge in [0.15, 0.2) is 0 Å². The normalized spacial score (nSPS) is 15.9. The van der Waals surface area contributed by atoms with Crippen molar-refractivity contribution < 1.29 is 4.79 Å². The number of piperidine rings is 1. The van der Waals surface area contributed by atoms with Crippen molar-refractivity contribution in [3.63, 3.8) is 0 Å². The number of likely N-dealkylation sites (N-methyl/N-ethyl adjacent to an activating group) is 1. The highest BCUT2D eigenvalue weighted by molar-refractivity contribution is 5.85. The average Bonchev–Trinajstić information content (AvgIpc) is 3.08. The molecule has 0 spiro atoms. The number of amides is 1. The molecule has 3 rings (SSSR count). The first-order valence-corrected chi connectivity index (χ1v) is 9.35. The van der Waals surface area contributed by atoms with Crippen molar-refractivity contribution >= 4 is 30.7 Å². The second-order valence-corrected chi connectivity index (χ2v) is 7.12. The van der Waals surface area contributed by atoms with Gasteiger partial charge in [-0.15, -0.1) is 24.8 Å². The molecule has 1 aromatic carbocycles. The van der Waals surface area contributed by atoms with Crippen molar-refractivity contribution in [2.45, 2.75) is 25.4 Å². The zero-order valence-electron chi connectivity index (χ0n) is 16.5. The number of likely N-dealkylation sites (tertiary alicyclic amines) is 1. The van der Waals surface area contributed by atoms with Crippen LogP contribution >= 0.6 is 24.8 Å². The van der Waals surface area contributed by atoms with Crippen molar-refractivity contribution in [2.75, 3.05) is 26.7 Å². The topological polar surface area (TPSA) is 62.2 Å². The van der Waals surface area contributed by atoms with Gasteiger partial charge in [0.05, 0.1) is 6.20 Å². The number of halogens is 2. The smallest absolute Gasteiger partial charge is 0.241 e. The van der Waals surface area contributed by atoms with Crippen LogP contribution in [0.1, 0.15) is 30.0 Å². The lowest BCUT2D eigenvalue weighted by Crippen LogP contribution is -2.41. The first-order chi connectivity index (χ1) is 12.7. The number of benzene rings is 1. The molecular weight excluding hydrogens is 397 g/mol. The molecule has 1 aromatic heterocycles. The Balaban J connectivity index is 0.00000196. The Labute approximate surface area is 179 Å². The molecule has 1 amide bonds. The minimum atomic E-state index is -0.345. The summed E-state index contributed by atoms with van der Waals surface area (Å²) in [5.74, 6) is 0.574. The zero-order valence-corrected chi connectivity index (χ0v) is 18.1. The third-order valence-corrected chi connectivity index (χ3v) is 5.13. The Morgan fingerprint density at radius 1 is 1.21 bits per heavy atom. The van der Waals surface area contributed by atoms with E-state index in [0.29, 0.717) is 5.92 Å². The minimum Gasteiger partial charge on any atom is -0.354 e. The molecule has 2 N–H and O–H groups in total. The fourth-order valence-corrected chi connectivity index (χ4v) is 3.58. The molecule has 0 aliphatic carbocycles. The fourth-order valence-electron chi connectivity index (χ4n) is 3.58. The predicted octanol–water partition coefficient (Wildman–Crippen LogP) is 2.55. The summed E-state index contributed by atoms with van der Waals surface area (Å²) in [6.07, 6.45) is 5.88. The number of carbonyl (C=O) groups excluding carboxylic acids is 1. The van der Waals surface area contributed by atoms with Crippen LogP contribution in [0.5, 0.6) is 0 Å². The van der Waals surface area contributed by atoms with Gasteiger partial charge in [0.1, 0.15) is 6.04 Å². The zero-order chi connectivity index (χ0) is 18.4. The third kappa shape index (κ3) is 6.78. The summed E-state index contributed by atoms with van der Waals surface area (Å²) < 4.78 is 1.72. The summed E-state index contributed by atoms with van der Waals surface area (Å²) in [4.78, 5) is 15.0. The molecule has 28 heavy (non-hydrogen) atoms. The van der Waals surface area contributed by atoms with E-state index < -0.39 is 0 Å². The summed E-state index contributed by atoms with van der Waals surface area (Å²) in [6, 6.07) is 10.3. The number of carbonyl (C=O) groups is 1. The van der Waals surface area contributed by atoms with Crippen LogP contribution in [0.2, 0.25) is 0 Å². The lowest BCUT2D eigenvalue weighted by molar-refractivity contribution is -0.123. The van der Waals surface area contributed by atoms with Gasteiger partial charge in [0.2, 0.25) is 5.91 Å².